The Balaban J connectivity index is 0.00000220. The van der Waals surface area contributed by atoms with E-state index in [1.807, 2.05) is 0 Å². The summed E-state index contributed by atoms with van der Waals surface area (Å²) >= 11 is 3.47. The van der Waals surface area contributed by atoms with E-state index in [4.69, 9.17) is 4.74 Å². The van der Waals surface area contributed by atoms with Crippen molar-refractivity contribution in [3.05, 3.63) is 34.3 Å². The second-order valence-corrected chi connectivity index (χ2v) is 6.12. The van der Waals surface area contributed by atoms with Gasteiger partial charge in [-0.3, -0.25) is 4.79 Å². The summed E-state index contributed by atoms with van der Waals surface area (Å²) in [5, 5.41) is 5.91. The summed E-state index contributed by atoms with van der Waals surface area (Å²) < 4.78 is 6.56. The molecular weight excluding hydrogens is 356 g/mol. The Kier molecular flexibility index (Phi) is 7.66. The maximum atomic E-state index is 11.7. The number of likely N-dealkylation sites (N-methyl/N-ethyl adjacent to an activating group) is 1. The number of carbonyl (C=O) groups is 1. The minimum absolute atomic E-state index is 0. The predicted octanol–water partition coefficient (Wildman–Crippen LogP) is 2.25. The smallest absolute Gasteiger partial charge is 0.233 e. The van der Waals surface area contributed by atoms with Crippen molar-refractivity contribution in [2.24, 2.45) is 0 Å². The third-order valence-electron chi connectivity index (χ3n) is 3.87. The van der Waals surface area contributed by atoms with Crippen LogP contribution in [0.25, 0.3) is 0 Å². The third-order valence-corrected chi connectivity index (χ3v) is 4.40. The van der Waals surface area contributed by atoms with E-state index in [1.54, 1.807) is 7.05 Å². The summed E-state index contributed by atoms with van der Waals surface area (Å²) in [6.45, 7) is 2.52. The van der Waals surface area contributed by atoms with E-state index in [2.05, 4.69) is 50.8 Å². The molecule has 1 aliphatic heterocycles. The van der Waals surface area contributed by atoms with Crippen LogP contribution in [0.15, 0.2) is 28.7 Å². The highest BCUT2D eigenvalue weighted by Gasteiger charge is 2.34. The van der Waals surface area contributed by atoms with Gasteiger partial charge in [0.15, 0.2) is 0 Å². The van der Waals surface area contributed by atoms with Crippen LogP contribution in [0.4, 0.5) is 0 Å². The van der Waals surface area contributed by atoms with E-state index in [0.717, 1.165) is 30.5 Å². The molecule has 0 unspecified atom stereocenters. The molecule has 0 atom stereocenters. The lowest BCUT2D eigenvalue weighted by Gasteiger charge is -2.38. The van der Waals surface area contributed by atoms with Crippen molar-refractivity contribution in [2.45, 2.75) is 18.3 Å². The molecule has 1 aliphatic rings. The van der Waals surface area contributed by atoms with Gasteiger partial charge in [0.05, 0.1) is 6.54 Å². The van der Waals surface area contributed by atoms with E-state index in [1.165, 1.54) is 5.56 Å². The van der Waals surface area contributed by atoms with Crippen LogP contribution in [0, 0.1) is 0 Å². The van der Waals surface area contributed by atoms with E-state index in [0.29, 0.717) is 13.1 Å². The Hall–Kier alpha value is -0.620. The lowest BCUT2D eigenvalue weighted by molar-refractivity contribution is -0.120. The number of hydrogen-bond acceptors (Lipinski definition) is 3. The average molecular weight is 378 g/mol. The summed E-state index contributed by atoms with van der Waals surface area (Å²) in [4.78, 5) is 11.7. The van der Waals surface area contributed by atoms with Crippen LogP contribution in [-0.4, -0.2) is 39.3 Å². The second-order valence-electron chi connectivity index (χ2n) is 5.21. The third kappa shape index (κ3) is 4.95. The highest BCUT2D eigenvalue weighted by Crippen LogP contribution is 2.34. The summed E-state index contributed by atoms with van der Waals surface area (Å²) in [7, 11) is 1.78. The van der Waals surface area contributed by atoms with Gasteiger partial charge in [0.1, 0.15) is 0 Å². The molecule has 1 saturated heterocycles. The molecule has 1 fully saturated rings. The van der Waals surface area contributed by atoms with Gasteiger partial charge in [-0.1, -0.05) is 28.1 Å². The number of halogens is 2. The predicted molar refractivity (Wildman–Crippen MR) is 90.1 cm³/mol. The molecule has 1 amide bonds. The molecule has 118 valence electrons. The van der Waals surface area contributed by atoms with Crippen LogP contribution in [-0.2, 0) is 14.9 Å². The Morgan fingerprint density at radius 1 is 1.29 bits per heavy atom. The molecule has 1 heterocycles. The first-order valence-corrected chi connectivity index (χ1v) is 7.71. The normalized spacial score (nSPS) is 16.9. The molecule has 0 radical (unpaired) electrons. The maximum Gasteiger partial charge on any atom is 0.233 e. The van der Waals surface area contributed by atoms with Gasteiger partial charge >= 0.3 is 0 Å². The molecular formula is C15H22BrClN2O2. The minimum atomic E-state index is -0.0116. The Bertz CT molecular complexity index is 447. The molecule has 0 aliphatic carbocycles. The van der Waals surface area contributed by atoms with E-state index in [-0.39, 0.29) is 23.7 Å². The minimum Gasteiger partial charge on any atom is -0.381 e. The SMILES string of the molecule is CNCC(=O)NCC1(c2ccc(Br)cc2)CCOCC1.Cl. The van der Waals surface area contributed by atoms with Crippen LogP contribution >= 0.6 is 28.3 Å². The zero-order valence-corrected chi connectivity index (χ0v) is 14.6. The Morgan fingerprint density at radius 3 is 2.48 bits per heavy atom. The Morgan fingerprint density at radius 2 is 1.90 bits per heavy atom. The zero-order valence-electron chi connectivity index (χ0n) is 12.2. The summed E-state index contributed by atoms with van der Waals surface area (Å²) in [5.41, 5.74) is 1.26. The van der Waals surface area contributed by atoms with Crippen LogP contribution in [0.3, 0.4) is 0 Å². The lowest BCUT2D eigenvalue weighted by atomic mass is 9.74. The first-order chi connectivity index (χ1) is 9.66. The van der Waals surface area contributed by atoms with Crippen molar-refractivity contribution >= 4 is 34.2 Å². The summed E-state index contributed by atoms with van der Waals surface area (Å²) in [6.07, 6.45) is 1.88. The van der Waals surface area contributed by atoms with Crippen molar-refractivity contribution < 1.29 is 9.53 Å². The molecule has 6 heteroatoms. The van der Waals surface area contributed by atoms with Gasteiger partial charge in [-0.05, 0) is 37.6 Å². The number of amides is 1. The maximum absolute atomic E-state index is 11.7. The van der Waals surface area contributed by atoms with Crippen molar-refractivity contribution in [1.82, 2.24) is 10.6 Å². The fourth-order valence-electron chi connectivity index (χ4n) is 2.62. The number of benzene rings is 1. The van der Waals surface area contributed by atoms with Crippen molar-refractivity contribution in [1.29, 1.82) is 0 Å². The number of nitrogens with one attached hydrogen (secondary N) is 2. The quantitative estimate of drug-likeness (QED) is 0.827. The van der Waals surface area contributed by atoms with Crippen LogP contribution in [0.5, 0.6) is 0 Å². The number of rotatable bonds is 5. The number of ether oxygens (including phenoxy) is 1. The highest BCUT2D eigenvalue weighted by atomic mass is 79.9. The molecule has 0 aromatic heterocycles. The second kappa shape index (κ2) is 8.73. The summed E-state index contributed by atoms with van der Waals surface area (Å²) in [5.74, 6) is 0.0375. The molecule has 1 aromatic carbocycles. The number of carbonyl (C=O) groups excluding carboxylic acids is 1. The van der Waals surface area contributed by atoms with E-state index in [9.17, 15) is 4.79 Å². The van der Waals surface area contributed by atoms with Gasteiger partial charge in [-0.25, -0.2) is 0 Å². The molecule has 0 bridgehead atoms. The Labute approximate surface area is 140 Å². The molecule has 1 aromatic rings. The highest BCUT2D eigenvalue weighted by molar-refractivity contribution is 9.10. The average Bonchev–Trinajstić information content (AvgIpc) is 2.47. The van der Waals surface area contributed by atoms with Crippen LogP contribution < -0.4 is 10.6 Å². The molecule has 21 heavy (non-hydrogen) atoms. The summed E-state index contributed by atoms with van der Waals surface area (Å²) in [6, 6.07) is 8.39. The molecule has 0 saturated carbocycles. The standard InChI is InChI=1S/C15H21BrN2O2.ClH/c1-17-10-14(19)18-11-15(6-8-20-9-7-15)12-2-4-13(16)5-3-12;/h2-5,17H,6-11H2,1H3,(H,18,19);1H. The largest absolute Gasteiger partial charge is 0.381 e. The molecule has 4 nitrogen and oxygen atoms in total. The van der Waals surface area contributed by atoms with Crippen LogP contribution in [0.2, 0.25) is 0 Å². The fourth-order valence-corrected chi connectivity index (χ4v) is 2.89. The fraction of sp³-hybridized carbons (Fsp3) is 0.533. The van der Waals surface area contributed by atoms with Crippen molar-refractivity contribution in [2.75, 3.05) is 33.4 Å². The van der Waals surface area contributed by atoms with Crippen LogP contribution in [0.1, 0.15) is 18.4 Å². The van der Waals surface area contributed by atoms with Crippen molar-refractivity contribution in [3.8, 4) is 0 Å². The first kappa shape index (κ1) is 18.4. The molecule has 2 N–H and O–H groups in total. The van der Waals surface area contributed by atoms with E-state index >= 15 is 0 Å². The van der Waals surface area contributed by atoms with Gasteiger partial charge in [0.2, 0.25) is 5.91 Å². The van der Waals surface area contributed by atoms with Gasteiger partial charge in [0, 0.05) is 29.6 Å². The lowest BCUT2D eigenvalue weighted by Crippen LogP contribution is -2.46. The monoisotopic (exact) mass is 376 g/mol. The molecule has 2 rings (SSSR count). The van der Waals surface area contributed by atoms with Gasteiger partial charge < -0.3 is 15.4 Å². The topological polar surface area (TPSA) is 50.4 Å². The molecule has 0 spiro atoms. The first-order valence-electron chi connectivity index (χ1n) is 6.91. The zero-order chi connectivity index (χ0) is 14.4. The van der Waals surface area contributed by atoms with Crippen molar-refractivity contribution in [3.63, 3.8) is 0 Å². The van der Waals surface area contributed by atoms with Gasteiger partial charge in [0.25, 0.3) is 0 Å². The number of hydrogen-bond donors (Lipinski definition) is 2. The van der Waals surface area contributed by atoms with E-state index < -0.39 is 0 Å². The van der Waals surface area contributed by atoms with Gasteiger partial charge in [-0.2, -0.15) is 0 Å². The van der Waals surface area contributed by atoms with Gasteiger partial charge in [-0.15, -0.1) is 12.4 Å².